The lowest BCUT2D eigenvalue weighted by Gasteiger charge is -2.23. The van der Waals surface area contributed by atoms with Crippen LogP contribution in [0.4, 0.5) is 13.2 Å². The molecule has 0 bridgehead atoms. The van der Waals surface area contributed by atoms with Gasteiger partial charge in [-0.1, -0.05) is 43.5 Å². The second-order valence-electron chi connectivity index (χ2n) is 3.66. The van der Waals surface area contributed by atoms with E-state index in [1.807, 2.05) is 0 Å². The van der Waals surface area contributed by atoms with Crippen LogP contribution in [0.1, 0.15) is 10.4 Å². The molecule has 0 atom stereocenters. The van der Waals surface area contributed by atoms with Crippen LogP contribution in [0.25, 0.3) is 0 Å². The average Bonchev–Trinajstić information content (AvgIpc) is 2.26. The van der Waals surface area contributed by atoms with E-state index < -0.39 is 18.6 Å². The fourth-order valence-corrected chi connectivity index (χ4v) is 2.59. The van der Waals surface area contributed by atoms with E-state index >= 15 is 0 Å². The van der Waals surface area contributed by atoms with Crippen molar-refractivity contribution in [1.82, 2.24) is 4.90 Å². The lowest BCUT2D eigenvalue weighted by Crippen LogP contribution is -2.40. The molecule has 1 aromatic carbocycles. The van der Waals surface area contributed by atoms with Crippen LogP contribution < -0.4 is 0 Å². The molecule has 0 aliphatic heterocycles. The standard InChI is InChI=1S/C11H9Br2ClF3NO/c12-3-4-18(6-11(15,16)17)10(19)8-2-1-7(13)5-9(8)14/h1-2,5H,3-4,6H2. The highest BCUT2D eigenvalue weighted by Crippen LogP contribution is 2.24. The molecule has 0 saturated carbocycles. The van der Waals surface area contributed by atoms with E-state index in [2.05, 4.69) is 31.9 Å². The summed E-state index contributed by atoms with van der Waals surface area (Å²) in [7, 11) is 0. The summed E-state index contributed by atoms with van der Waals surface area (Å²) < 4.78 is 37.9. The first-order chi connectivity index (χ1) is 8.74. The van der Waals surface area contributed by atoms with E-state index in [-0.39, 0.29) is 22.5 Å². The van der Waals surface area contributed by atoms with Crippen molar-refractivity contribution in [2.75, 3.05) is 18.4 Å². The van der Waals surface area contributed by atoms with Crippen molar-refractivity contribution in [3.05, 3.63) is 33.3 Å². The first-order valence-electron chi connectivity index (χ1n) is 5.11. The van der Waals surface area contributed by atoms with Gasteiger partial charge in [0.05, 0.1) is 10.6 Å². The summed E-state index contributed by atoms with van der Waals surface area (Å²) in [6.07, 6.45) is -4.44. The Morgan fingerprint density at radius 1 is 1.37 bits per heavy atom. The molecule has 1 amide bonds. The van der Waals surface area contributed by atoms with E-state index in [1.165, 1.54) is 12.1 Å². The highest BCUT2D eigenvalue weighted by atomic mass is 79.9. The smallest absolute Gasteiger partial charge is 0.329 e. The maximum atomic E-state index is 12.4. The van der Waals surface area contributed by atoms with E-state index in [0.717, 1.165) is 0 Å². The molecule has 0 saturated heterocycles. The first-order valence-corrected chi connectivity index (χ1v) is 7.41. The predicted molar refractivity (Wildman–Crippen MR) is 74.9 cm³/mol. The monoisotopic (exact) mass is 421 g/mol. The number of hydrogen-bond acceptors (Lipinski definition) is 1. The number of benzene rings is 1. The molecular weight excluding hydrogens is 414 g/mol. The van der Waals surface area contributed by atoms with Crippen LogP contribution in [0.2, 0.25) is 5.02 Å². The third-order valence-electron chi connectivity index (χ3n) is 2.17. The number of alkyl halides is 4. The van der Waals surface area contributed by atoms with Crippen molar-refractivity contribution in [2.45, 2.75) is 6.18 Å². The summed E-state index contributed by atoms with van der Waals surface area (Å²) in [5.74, 6) is -0.741. The molecule has 8 heteroatoms. The van der Waals surface area contributed by atoms with Gasteiger partial charge >= 0.3 is 6.18 Å². The predicted octanol–water partition coefficient (Wildman–Crippen LogP) is 4.50. The second kappa shape index (κ2) is 6.95. The molecule has 0 unspecified atom stereocenters. The van der Waals surface area contributed by atoms with Crippen LogP contribution in [0.15, 0.2) is 22.7 Å². The Morgan fingerprint density at radius 2 is 2.00 bits per heavy atom. The maximum absolute atomic E-state index is 12.4. The Bertz CT molecular complexity index is 468. The highest BCUT2D eigenvalue weighted by Gasteiger charge is 2.33. The first kappa shape index (κ1) is 16.8. The Labute approximate surface area is 130 Å². The van der Waals surface area contributed by atoms with Crippen molar-refractivity contribution in [3.63, 3.8) is 0 Å². The van der Waals surface area contributed by atoms with E-state index in [0.29, 0.717) is 9.37 Å². The Balaban J connectivity index is 2.99. The van der Waals surface area contributed by atoms with Crippen LogP contribution >= 0.6 is 43.5 Å². The Kier molecular flexibility index (Phi) is 6.14. The molecule has 0 spiro atoms. The van der Waals surface area contributed by atoms with Gasteiger partial charge < -0.3 is 4.90 Å². The molecule has 0 fully saturated rings. The maximum Gasteiger partial charge on any atom is 0.406 e. The highest BCUT2D eigenvalue weighted by molar-refractivity contribution is 9.10. The lowest BCUT2D eigenvalue weighted by atomic mass is 10.2. The fraction of sp³-hybridized carbons (Fsp3) is 0.364. The minimum Gasteiger partial charge on any atom is -0.329 e. The summed E-state index contributed by atoms with van der Waals surface area (Å²) in [4.78, 5) is 12.8. The third kappa shape index (κ3) is 5.31. The number of carbonyl (C=O) groups is 1. The summed E-state index contributed by atoms with van der Waals surface area (Å²) in [5.41, 5.74) is 0.0510. The van der Waals surface area contributed by atoms with Crippen LogP contribution in [-0.2, 0) is 0 Å². The van der Waals surface area contributed by atoms with Gasteiger partial charge in [-0.05, 0) is 18.2 Å². The number of carbonyl (C=O) groups excluding carboxylic acids is 1. The molecule has 1 rings (SSSR count). The summed E-state index contributed by atoms with van der Waals surface area (Å²) in [5, 5.41) is 0.365. The van der Waals surface area contributed by atoms with E-state index in [4.69, 9.17) is 11.6 Å². The molecule has 0 aliphatic rings. The number of nitrogens with zero attached hydrogens (tertiary/aromatic N) is 1. The zero-order valence-electron chi connectivity index (χ0n) is 9.48. The number of amides is 1. The van der Waals surface area contributed by atoms with E-state index in [1.54, 1.807) is 6.07 Å². The quantitative estimate of drug-likeness (QED) is 0.653. The number of rotatable bonds is 4. The molecule has 0 N–H and O–H groups in total. The molecule has 19 heavy (non-hydrogen) atoms. The normalized spacial score (nSPS) is 11.5. The van der Waals surface area contributed by atoms with Gasteiger partial charge in [-0.15, -0.1) is 0 Å². The molecule has 0 aliphatic carbocycles. The van der Waals surface area contributed by atoms with Crippen molar-refractivity contribution in [2.24, 2.45) is 0 Å². The van der Waals surface area contributed by atoms with Crippen molar-refractivity contribution in [3.8, 4) is 0 Å². The van der Waals surface area contributed by atoms with Gasteiger partial charge in [-0.25, -0.2) is 0 Å². The van der Waals surface area contributed by atoms with Gasteiger partial charge in [-0.3, -0.25) is 4.79 Å². The second-order valence-corrected chi connectivity index (χ2v) is 5.77. The molecule has 0 heterocycles. The largest absolute Gasteiger partial charge is 0.406 e. The zero-order chi connectivity index (χ0) is 14.6. The summed E-state index contributed by atoms with van der Waals surface area (Å²) in [6.45, 7) is -1.35. The molecule has 2 nitrogen and oxygen atoms in total. The van der Waals surface area contributed by atoms with Gasteiger partial charge in [0.25, 0.3) is 5.91 Å². The van der Waals surface area contributed by atoms with Crippen molar-refractivity contribution < 1.29 is 18.0 Å². The minimum absolute atomic E-state index is 0.0509. The van der Waals surface area contributed by atoms with Crippen LogP contribution in [0.5, 0.6) is 0 Å². The molecule has 1 aromatic rings. The molecule has 106 valence electrons. The number of hydrogen-bond donors (Lipinski definition) is 0. The fourth-order valence-electron chi connectivity index (χ4n) is 1.40. The van der Waals surface area contributed by atoms with Crippen LogP contribution in [-0.4, -0.2) is 35.4 Å². The lowest BCUT2D eigenvalue weighted by molar-refractivity contribution is -0.140. The van der Waals surface area contributed by atoms with Crippen molar-refractivity contribution >= 4 is 49.4 Å². The van der Waals surface area contributed by atoms with Gasteiger partial charge in [0.1, 0.15) is 6.54 Å². The third-order valence-corrected chi connectivity index (χ3v) is 3.33. The van der Waals surface area contributed by atoms with Gasteiger partial charge in [0, 0.05) is 16.3 Å². The number of halogens is 6. The molecular formula is C11H9Br2ClF3NO. The average molecular weight is 423 g/mol. The molecule has 0 aromatic heterocycles. The minimum atomic E-state index is -4.44. The SMILES string of the molecule is O=C(c1ccc(Br)cc1Cl)N(CCBr)CC(F)(F)F. The van der Waals surface area contributed by atoms with Crippen molar-refractivity contribution in [1.29, 1.82) is 0 Å². The Morgan fingerprint density at radius 3 is 2.47 bits per heavy atom. The summed E-state index contributed by atoms with van der Waals surface area (Å²) in [6, 6.07) is 4.42. The van der Waals surface area contributed by atoms with Gasteiger partial charge in [0.15, 0.2) is 0 Å². The van der Waals surface area contributed by atoms with Gasteiger partial charge in [0.2, 0.25) is 0 Å². The van der Waals surface area contributed by atoms with E-state index in [9.17, 15) is 18.0 Å². The van der Waals surface area contributed by atoms with Crippen LogP contribution in [0, 0.1) is 0 Å². The zero-order valence-corrected chi connectivity index (χ0v) is 13.4. The molecule has 0 radical (unpaired) electrons. The van der Waals surface area contributed by atoms with Crippen LogP contribution in [0.3, 0.4) is 0 Å². The Hall–Kier alpha value is -0.270. The summed E-state index contributed by atoms with van der Waals surface area (Å²) >= 11 is 12.1. The topological polar surface area (TPSA) is 20.3 Å². The van der Waals surface area contributed by atoms with Gasteiger partial charge in [-0.2, -0.15) is 13.2 Å².